The van der Waals surface area contributed by atoms with Crippen LogP contribution in [-0.2, 0) is 0 Å². The lowest BCUT2D eigenvalue weighted by Crippen LogP contribution is -2.16. The molecule has 0 radical (unpaired) electrons. The highest BCUT2D eigenvalue weighted by Gasteiger charge is 2.43. The van der Waals surface area contributed by atoms with Crippen molar-refractivity contribution in [2.24, 2.45) is 5.84 Å². The Morgan fingerprint density at radius 2 is 2.38 bits per heavy atom. The average Bonchev–Trinajstić information content (AvgIpc) is 2.60. The molecular weight excluding hydrogens is 240 g/mol. The zero-order valence-corrected chi connectivity index (χ0v) is 10.9. The number of anilines is 1. The molecule has 88 valence electrons. The standard InChI is InChI=1S/C10H16N4S2/c1-16-5-3-2-4-7(16)8-9(14-11)12-6-13-10(8)15-16/h6-7H,2-5,11H2,1H3,(H,12,13,14). The molecule has 3 N–H and O–H groups in total. The van der Waals surface area contributed by atoms with E-state index < -0.39 is 9.06 Å². The van der Waals surface area contributed by atoms with Gasteiger partial charge >= 0.3 is 0 Å². The summed E-state index contributed by atoms with van der Waals surface area (Å²) in [5.74, 6) is 7.73. The molecule has 1 aromatic heterocycles. The van der Waals surface area contributed by atoms with Crippen molar-refractivity contribution in [3.8, 4) is 0 Å². The first-order chi connectivity index (χ1) is 7.74. The molecule has 1 saturated heterocycles. The summed E-state index contributed by atoms with van der Waals surface area (Å²) in [5, 5.41) is 1.81. The van der Waals surface area contributed by atoms with E-state index in [-0.39, 0.29) is 0 Å². The van der Waals surface area contributed by atoms with E-state index in [1.54, 1.807) is 6.33 Å². The zero-order chi connectivity index (χ0) is 11.2. The van der Waals surface area contributed by atoms with Crippen LogP contribution in [0.4, 0.5) is 5.82 Å². The molecular formula is C10H16N4S2. The van der Waals surface area contributed by atoms with Crippen LogP contribution < -0.4 is 11.3 Å². The minimum absolute atomic E-state index is 0.619. The number of rotatable bonds is 1. The van der Waals surface area contributed by atoms with Crippen LogP contribution in [0.1, 0.15) is 30.1 Å². The molecule has 2 aliphatic rings. The van der Waals surface area contributed by atoms with Gasteiger partial charge in [-0.1, -0.05) is 17.2 Å². The second kappa shape index (κ2) is 3.78. The Morgan fingerprint density at radius 1 is 1.50 bits per heavy atom. The Hall–Kier alpha value is -0.460. The first kappa shape index (κ1) is 10.7. The summed E-state index contributed by atoms with van der Waals surface area (Å²) in [5.41, 5.74) is 4.01. The Balaban J connectivity index is 2.10. The molecule has 0 aliphatic carbocycles. The topological polar surface area (TPSA) is 63.8 Å². The highest BCUT2D eigenvalue weighted by atomic mass is 33.2. The molecule has 16 heavy (non-hydrogen) atoms. The van der Waals surface area contributed by atoms with E-state index in [0.29, 0.717) is 5.25 Å². The molecule has 2 aliphatic heterocycles. The van der Waals surface area contributed by atoms with Crippen molar-refractivity contribution < 1.29 is 0 Å². The van der Waals surface area contributed by atoms with E-state index in [2.05, 4.69) is 21.6 Å². The lowest BCUT2D eigenvalue weighted by molar-refractivity contribution is 0.672. The van der Waals surface area contributed by atoms with E-state index in [0.717, 1.165) is 10.8 Å². The van der Waals surface area contributed by atoms with Crippen molar-refractivity contribution in [2.45, 2.75) is 29.5 Å². The SMILES string of the molecule is CS12CCCCC1c1c(NN)ncnc1S2. The van der Waals surface area contributed by atoms with Gasteiger partial charge in [-0.25, -0.2) is 15.8 Å². The quantitative estimate of drug-likeness (QED) is 0.350. The second-order valence-electron chi connectivity index (χ2n) is 4.43. The first-order valence-corrected chi connectivity index (χ1v) is 9.11. The van der Waals surface area contributed by atoms with Crippen molar-refractivity contribution in [1.29, 1.82) is 0 Å². The highest BCUT2D eigenvalue weighted by Crippen LogP contribution is 2.78. The third kappa shape index (κ3) is 1.43. The van der Waals surface area contributed by atoms with Gasteiger partial charge in [-0.2, -0.15) is 9.06 Å². The van der Waals surface area contributed by atoms with Gasteiger partial charge in [-0.15, -0.1) is 0 Å². The van der Waals surface area contributed by atoms with Gasteiger partial charge in [0, 0.05) is 10.8 Å². The number of fused-ring (bicyclic) bond motifs is 3. The number of nitrogens with zero attached hydrogens (tertiary/aromatic N) is 2. The summed E-state index contributed by atoms with van der Waals surface area (Å²) < 4.78 is 0. The number of aromatic nitrogens is 2. The van der Waals surface area contributed by atoms with Crippen molar-refractivity contribution in [3.05, 3.63) is 11.9 Å². The second-order valence-corrected chi connectivity index (χ2v) is 10.9. The summed E-state index contributed by atoms with van der Waals surface area (Å²) in [6.45, 7) is 0. The Kier molecular flexibility index (Phi) is 2.53. The van der Waals surface area contributed by atoms with Crippen molar-refractivity contribution in [3.63, 3.8) is 0 Å². The molecule has 0 amide bonds. The van der Waals surface area contributed by atoms with Gasteiger partial charge < -0.3 is 5.43 Å². The van der Waals surface area contributed by atoms with E-state index >= 15 is 0 Å². The fourth-order valence-corrected chi connectivity index (χ4v) is 9.15. The fraction of sp³-hybridized carbons (Fsp3) is 0.600. The molecule has 2 atom stereocenters. The number of hydrogen-bond donors (Lipinski definition) is 2. The number of nitrogens with two attached hydrogens (primary N) is 1. The molecule has 2 unspecified atom stereocenters. The van der Waals surface area contributed by atoms with Crippen LogP contribution in [0.3, 0.4) is 0 Å². The van der Waals surface area contributed by atoms with Crippen LogP contribution in [0, 0.1) is 0 Å². The lowest BCUT2D eigenvalue weighted by Gasteiger charge is -2.40. The minimum atomic E-state index is -0.619. The molecule has 0 spiro atoms. The number of nitrogens with one attached hydrogen (secondary N) is 1. The maximum absolute atomic E-state index is 5.55. The maximum atomic E-state index is 5.55. The maximum Gasteiger partial charge on any atom is 0.148 e. The Morgan fingerprint density at radius 3 is 3.19 bits per heavy atom. The summed E-state index contributed by atoms with van der Waals surface area (Å²) in [4.78, 5) is 8.66. The first-order valence-electron chi connectivity index (χ1n) is 5.50. The number of nitrogen functional groups attached to an aromatic ring is 1. The molecule has 3 rings (SSSR count). The van der Waals surface area contributed by atoms with Gasteiger partial charge in [0.15, 0.2) is 0 Å². The molecule has 6 heteroatoms. The molecule has 3 heterocycles. The molecule has 0 bridgehead atoms. The third-order valence-electron chi connectivity index (χ3n) is 3.44. The van der Waals surface area contributed by atoms with Crippen LogP contribution in [-0.4, -0.2) is 22.0 Å². The predicted molar refractivity (Wildman–Crippen MR) is 70.7 cm³/mol. The van der Waals surface area contributed by atoms with Crippen molar-refractivity contribution >= 4 is 25.7 Å². The van der Waals surface area contributed by atoms with Gasteiger partial charge in [0.2, 0.25) is 0 Å². The van der Waals surface area contributed by atoms with E-state index in [1.807, 2.05) is 10.8 Å². The zero-order valence-electron chi connectivity index (χ0n) is 9.27. The van der Waals surface area contributed by atoms with Gasteiger partial charge in [0.05, 0.1) is 0 Å². The molecule has 0 saturated carbocycles. The normalized spacial score (nSPS) is 36.0. The van der Waals surface area contributed by atoms with Gasteiger partial charge in [-0.3, -0.25) is 0 Å². The number of hydrazine groups is 1. The molecule has 4 nitrogen and oxygen atoms in total. The van der Waals surface area contributed by atoms with Crippen molar-refractivity contribution in [2.75, 3.05) is 17.4 Å². The van der Waals surface area contributed by atoms with Crippen LogP contribution >= 0.6 is 19.9 Å². The molecule has 1 fully saturated rings. The summed E-state index contributed by atoms with van der Waals surface area (Å²) >= 11 is 0. The van der Waals surface area contributed by atoms with Crippen molar-refractivity contribution in [1.82, 2.24) is 9.97 Å². The smallest absolute Gasteiger partial charge is 0.148 e. The van der Waals surface area contributed by atoms with E-state index in [1.165, 1.54) is 30.6 Å². The third-order valence-corrected chi connectivity index (χ3v) is 9.89. The van der Waals surface area contributed by atoms with E-state index in [4.69, 9.17) is 5.84 Å². The lowest BCUT2D eigenvalue weighted by atomic mass is 10.1. The van der Waals surface area contributed by atoms with Gasteiger partial charge in [0.25, 0.3) is 0 Å². The fourth-order valence-electron chi connectivity index (χ4n) is 2.63. The monoisotopic (exact) mass is 256 g/mol. The summed E-state index contributed by atoms with van der Waals surface area (Å²) in [6, 6.07) is 0. The van der Waals surface area contributed by atoms with E-state index in [9.17, 15) is 0 Å². The van der Waals surface area contributed by atoms with Crippen LogP contribution in [0.5, 0.6) is 0 Å². The van der Waals surface area contributed by atoms with Gasteiger partial charge in [-0.05, 0) is 24.9 Å². The summed E-state index contributed by atoms with van der Waals surface area (Å²) in [7, 11) is 1.37. The number of hydrogen-bond acceptors (Lipinski definition) is 5. The molecule has 1 aromatic rings. The summed E-state index contributed by atoms with van der Waals surface area (Å²) in [6.07, 6.45) is 8.01. The Labute approximate surface area is 100 Å². The Bertz CT molecular complexity index is 425. The average molecular weight is 256 g/mol. The van der Waals surface area contributed by atoms with Crippen LogP contribution in [0.2, 0.25) is 0 Å². The van der Waals surface area contributed by atoms with Gasteiger partial charge in [0.1, 0.15) is 17.2 Å². The highest BCUT2D eigenvalue weighted by molar-refractivity contribution is 8.94. The largest absolute Gasteiger partial charge is 0.308 e. The molecule has 0 aromatic carbocycles. The van der Waals surface area contributed by atoms with Crippen LogP contribution in [0.25, 0.3) is 0 Å². The minimum Gasteiger partial charge on any atom is -0.308 e. The van der Waals surface area contributed by atoms with Crippen LogP contribution in [0.15, 0.2) is 11.4 Å². The predicted octanol–water partition coefficient (Wildman–Crippen LogP) is 2.44.